The van der Waals surface area contributed by atoms with E-state index in [1.807, 2.05) is 84.9 Å². The summed E-state index contributed by atoms with van der Waals surface area (Å²) in [5.41, 5.74) is 2.14. The quantitative estimate of drug-likeness (QED) is 0.167. The summed E-state index contributed by atoms with van der Waals surface area (Å²) in [5.74, 6) is 0.853. The van der Waals surface area contributed by atoms with Gasteiger partial charge in [-0.1, -0.05) is 60.7 Å². The number of esters is 1. The molecule has 0 aromatic heterocycles. The molecule has 2 aliphatic heterocycles. The number of hydrogen-bond acceptors (Lipinski definition) is 7. The second-order valence-electron chi connectivity index (χ2n) is 12.0. The van der Waals surface area contributed by atoms with E-state index in [2.05, 4.69) is 5.32 Å². The minimum Gasteiger partial charge on any atom is -0.497 e. The lowest BCUT2D eigenvalue weighted by molar-refractivity contribution is -0.147. The van der Waals surface area contributed by atoms with Gasteiger partial charge in [-0.2, -0.15) is 0 Å². The first-order chi connectivity index (χ1) is 22.4. The standard InChI is InChI=1S/C37H34N2O7/c1-43-25-15-11-23(12-16-25)21-39-35(41)37(38-36(39)42,31-19-29(31)34(40)45-22-24-13-17-26(44-2)18-14-24)20-30-27-7-3-5-9-32(27)46-33-10-6-4-8-28(30)33/h3-18,29-31H,19-22H2,1-2H3,(H,38,42)/t29-,31-,37-/m1/s1. The fourth-order valence-corrected chi connectivity index (χ4v) is 6.78. The van der Waals surface area contributed by atoms with Crippen LogP contribution < -0.4 is 19.5 Å². The van der Waals surface area contributed by atoms with Gasteiger partial charge in [-0.05, 0) is 60.4 Å². The Morgan fingerprint density at radius 3 is 1.98 bits per heavy atom. The van der Waals surface area contributed by atoms with Gasteiger partial charge in [0, 0.05) is 23.0 Å². The van der Waals surface area contributed by atoms with Gasteiger partial charge in [0.2, 0.25) is 0 Å². The van der Waals surface area contributed by atoms with Crippen molar-refractivity contribution in [2.75, 3.05) is 14.2 Å². The van der Waals surface area contributed by atoms with E-state index >= 15 is 0 Å². The van der Waals surface area contributed by atoms with Crippen molar-refractivity contribution in [2.24, 2.45) is 11.8 Å². The maximum absolute atomic E-state index is 14.6. The number of hydrogen-bond donors (Lipinski definition) is 1. The topological polar surface area (TPSA) is 103 Å². The molecule has 4 aromatic carbocycles. The molecular weight excluding hydrogens is 584 g/mol. The number of ether oxygens (including phenoxy) is 4. The molecule has 7 rings (SSSR count). The van der Waals surface area contributed by atoms with Crippen LogP contribution >= 0.6 is 0 Å². The number of rotatable bonds is 10. The molecule has 1 saturated heterocycles. The largest absolute Gasteiger partial charge is 0.497 e. The highest BCUT2D eigenvalue weighted by Gasteiger charge is 2.66. The Morgan fingerprint density at radius 2 is 1.39 bits per heavy atom. The summed E-state index contributed by atoms with van der Waals surface area (Å²) >= 11 is 0. The highest BCUT2D eigenvalue weighted by molar-refractivity contribution is 6.08. The Labute approximate surface area is 267 Å². The number of methoxy groups -OCH3 is 2. The zero-order chi connectivity index (χ0) is 31.8. The minimum atomic E-state index is -1.32. The van der Waals surface area contributed by atoms with Crippen molar-refractivity contribution >= 4 is 17.9 Å². The van der Waals surface area contributed by atoms with E-state index in [4.69, 9.17) is 18.9 Å². The zero-order valence-corrected chi connectivity index (χ0v) is 25.6. The van der Waals surface area contributed by atoms with E-state index in [9.17, 15) is 14.4 Å². The van der Waals surface area contributed by atoms with Crippen LogP contribution in [-0.4, -0.2) is 42.6 Å². The molecule has 4 aromatic rings. The van der Waals surface area contributed by atoms with Crippen molar-refractivity contribution in [1.29, 1.82) is 0 Å². The molecule has 1 N–H and O–H groups in total. The lowest BCUT2D eigenvalue weighted by atomic mass is 9.75. The highest BCUT2D eigenvalue weighted by Crippen LogP contribution is 2.56. The number of fused-ring (bicyclic) bond motifs is 2. The number of nitrogens with zero attached hydrogens (tertiary/aromatic N) is 1. The first kappa shape index (κ1) is 29.4. The fraction of sp³-hybridized carbons (Fsp3) is 0.270. The summed E-state index contributed by atoms with van der Waals surface area (Å²) in [5, 5.41) is 3.10. The van der Waals surface area contributed by atoms with Crippen LogP contribution in [0.1, 0.15) is 41.0 Å². The number of urea groups is 1. The number of benzene rings is 4. The van der Waals surface area contributed by atoms with Gasteiger partial charge in [-0.3, -0.25) is 14.5 Å². The van der Waals surface area contributed by atoms with E-state index in [-0.39, 0.29) is 37.4 Å². The van der Waals surface area contributed by atoms with Crippen molar-refractivity contribution in [3.05, 3.63) is 119 Å². The Kier molecular flexibility index (Phi) is 7.60. The molecule has 1 saturated carbocycles. The Morgan fingerprint density at radius 1 is 0.826 bits per heavy atom. The van der Waals surface area contributed by atoms with Crippen LogP contribution in [0.25, 0.3) is 0 Å². The average Bonchev–Trinajstić information content (AvgIpc) is 3.87. The smallest absolute Gasteiger partial charge is 0.325 e. The highest BCUT2D eigenvalue weighted by atomic mass is 16.5. The summed E-state index contributed by atoms with van der Waals surface area (Å²) in [4.78, 5) is 42.9. The summed E-state index contributed by atoms with van der Waals surface area (Å²) in [6.07, 6.45) is 0.692. The fourth-order valence-electron chi connectivity index (χ4n) is 6.78. The lowest BCUT2D eigenvalue weighted by Gasteiger charge is -2.35. The van der Waals surface area contributed by atoms with Gasteiger partial charge < -0.3 is 24.3 Å². The molecule has 3 aliphatic rings. The van der Waals surface area contributed by atoms with E-state index in [1.54, 1.807) is 26.4 Å². The number of imide groups is 1. The van der Waals surface area contributed by atoms with Crippen molar-refractivity contribution in [2.45, 2.75) is 37.5 Å². The molecule has 0 bridgehead atoms. The Bertz CT molecular complexity index is 1740. The second-order valence-corrected chi connectivity index (χ2v) is 12.0. The van der Waals surface area contributed by atoms with Gasteiger partial charge in [0.15, 0.2) is 0 Å². The van der Waals surface area contributed by atoms with Gasteiger partial charge >= 0.3 is 12.0 Å². The Balaban J connectivity index is 1.19. The predicted octanol–water partition coefficient (Wildman–Crippen LogP) is 6.20. The maximum Gasteiger partial charge on any atom is 0.325 e. The van der Waals surface area contributed by atoms with Crippen molar-refractivity contribution < 1.29 is 33.3 Å². The molecule has 0 unspecified atom stereocenters. The van der Waals surface area contributed by atoms with Crippen LogP contribution in [-0.2, 0) is 27.5 Å². The van der Waals surface area contributed by atoms with Gasteiger partial charge in [0.05, 0.1) is 26.7 Å². The van der Waals surface area contributed by atoms with Crippen molar-refractivity contribution in [3.8, 4) is 23.0 Å². The monoisotopic (exact) mass is 618 g/mol. The molecule has 0 radical (unpaired) electrons. The molecule has 9 nitrogen and oxygen atoms in total. The third-order valence-electron chi connectivity index (χ3n) is 9.30. The van der Waals surface area contributed by atoms with Crippen LogP contribution in [0.4, 0.5) is 4.79 Å². The Hall–Kier alpha value is -5.31. The molecule has 0 spiro atoms. The molecule has 2 heterocycles. The first-order valence-electron chi connectivity index (χ1n) is 15.3. The molecule has 1 aliphatic carbocycles. The van der Waals surface area contributed by atoms with E-state index < -0.39 is 23.4 Å². The molecular formula is C37H34N2O7. The number of amides is 3. The van der Waals surface area contributed by atoms with E-state index in [1.165, 1.54) is 4.90 Å². The zero-order valence-electron chi connectivity index (χ0n) is 25.6. The number of carbonyl (C=O) groups excluding carboxylic acids is 3. The molecule has 3 amide bonds. The van der Waals surface area contributed by atoms with Crippen LogP contribution in [0.15, 0.2) is 97.1 Å². The number of nitrogens with one attached hydrogen (secondary N) is 1. The van der Waals surface area contributed by atoms with Crippen LogP contribution in [0.2, 0.25) is 0 Å². The van der Waals surface area contributed by atoms with Gasteiger partial charge in [0.1, 0.15) is 35.1 Å². The average molecular weight is 619 g/mol. The second kappa shape index (κ2) is 11.9. The van der Waals surface area contributed by atoms with Crippen LogP contribution in [0, 0.1) is 11.8 Å². The molecule has 2 fully saturated rings. The van der Waals surface area contributed by atoms with Gasteiger partial charge in [-0.15, -0.1) is 0 Å². The summed E-state index contributed by atoms with van der Waals surface area (Å²) < 4.78 is 22.4. The number of carbonyl (C=O) groups is 3. The van der Waals surface area contributed by atoms with E-state index in [0.29, 0.717) is 29.4 Å². The van der Waals surface area contributed by atoms with E-state index in [0.717, 1.165) is 22.3 Å². The molecule has 9 heteroatoms. The first-order valence-corrected chi connectivity index (χ1v) is 15.3. The molecule has 46 heavy (non-hydrogen) atoms. The summed E-state index contributed by atoms with van der Waals surface area (Å²) in [6, 6.07) is 29.6. The number of para-hydroxylation sites is 2. The third kappa shape index (κ3) is 5.31. The minimum absolute atomic E-state index is 0.0939. The third-order valence-corrected chi connectivity index (χ3v) is 9.30. The van der Waals surface area contributed by atoms with Gasteiger partial charge in [-0.25, -0.2) is 4.79 Å². The molecule has 234 valence electrons. The normalized spacial score (nSPS) is 21.5. The lowest BCUT2D eigenvalue weighted by Crippen LogP contribution is -2.51. The predicted molar refractivity (Wildman–Crippen MR) is 169 cm³/mol. The summed E-state index contributed by atoms with van der Waals surface area (Å²) in [6.45, 7) is 0.195. The van der Waals surface area contributed by atoms with Crippen molar-refractivity contribution in [1.82, 2.24) is 10.2 Å². The SMILES string of the molecule is COc1ccc(COC(=O)[C@@H]2C[C@H]2[C@@]2(CC3c4ccccc4Oc4ccccc43)NC(=O)N(Cc3ccc(OC)cc3)C2=O)cc1. The molecule has 3 atom stereocenters. The van der Waals surface area contributed by atoms with Gasteiger partial charge in [0.25, 0.3) is 5.91 Å². The van der Waals surface area contributed by atoms with Crippen LogP contribution in [0.5, 0.6) is 23.0 Å². The summed E-state index contributed by atoms with van der Waals surface area (Å²) in [7, 11) is 3.18. The van der Waals surface area contributed by atoms with Crippen LogP contribution in [0.3, 0.4) is 0 Å². The maximum atomic E-state index is 14.6. The van der Waals surface area contributed by atoms with Crippen molar-refractivity contribution in [3.63, 3.8) is 0 Å².